The number of anilines is 2. The Labute approximate surface area is 135 Å². The van der Waals surface area contributed by atoms with Gasteiger partial charge in [0.25, 0.3) is 0 Å². The number of nitrogens with zero attached hydrogens (tertiary/aromatic N) is 3. The molecule has 2 rings (SSSR count). The Bertz CT molecular complexity index is 433. The van der Waals surface area contributed by atoms with E-state index in [4.69, 9.17) is 4.98 Å². The fraction of sp³-hybridized carbons (Fsp3) is 0.778. The summed E-state index contributed by atoms with van der Waals surface area (Å²) in [6.45, 7) is 8.64. The molecule has 1 aliphatic carbocycles. The predicted octanol–water partition coefficient (Wildman–Crippen LogP) is 4.55. The lowest BCUT2D eigenvalue weighted by atomic mass is 10.1. The van der Waals surface area contributed by atoms with Gasteiger partial charge >= 0.3 is 0 Å². The van der Waals surface area contributed by atoms with Crippen LogP contribution in [-0.4, -0.2) is 29.1 Å². The fourth-order valence-electron chi connectivity index (χ4n) is 3.27. The third kappa shape index (κ3) is 5.15. The lowest BCUT2D eigenvalue weighted by molar-refractivity contribution is 0.614. The first kappa shape index (κ1) is 17.0. The third-order valence-electron chi connectivity index (χ3n) is 4.34. The van der Waals surface area contributed by atoms with Crippen molar-refractivity contribution in [1.29, 1.82) is 0 Å². The molecule has 4 heteroatoms. The molecule has 0 atom stereocenters. The molecule has 0 aliphatic heterocycles. The average Bonchev–Trinajstić information content (AvgIpc) is 2.75. The highest BCUT2D eigenvalue weighted by Gasteiger charge is 2.15. The second-order valence-electron chi connectivity index (χ2n) is 6.51. The van der Waals surface area contributed by atoms with E-state index in [2.05, 4.69) is 42.0 Å². The maximum absolute atomic E-state index is 4.80. The Morgan fingerprint density at radius 2 is 1.68 bits per heavy atom. The molecular formula is C18H32N4. The molecule has 0 saturated heterocycles. The summed E-state index contributed by atoms with van der Waals surface area (Å²) in [5.41, 5.74) is 1.05. The van der Waals surface area contributed by atoms with Gasteiger partial charge in [-0.15, -0.1) is 0 Å². The van der Waals surface area contributed by atoms with Crippen molar-refractivity contribution in [1.82, 2.24) is 9.97 Å². The largest absolute Gasteiger partial charge is 0.356 e. The molecule has 1 heterocycles. The highest BCUT2D eigenvalue weighted by atomic mass is 15.2. The van der Waals surface area contributed by atoms with Gasteiger partial charge in [-0.3, -0.25) is 0 Å². The van der Waals surface area contributed by atoms with Gasteiger partial charge in [-0.05, 0) is 32.6 Å². The Balaban J connectivity index is 2.10. The Kier molecular flexibility index (Phi) is 6.94. The van der Waals surface area contributed by atoms with E-state index in [1.807, 2.05) is 0 Å². The molecule has 1 fully saturated rings. The topological polar surface area (TPSA) is 41.1 Å². The Hall–Kier alpha value is -1.32. The molecule has 1 N–H and O–H groups in total. The highest BCUT2D eigenvalue weighted by Crippen LogP contribution is 2.21. The van der Waals surface area contributed by atoms with E-state index in [9.17, 15) is 0 Å². The standard InChI is InChI=1S/C18H32N4/c1-4-12-22(13-5-2)17-14-15(3)19-18(21-17)20-16-10-8-6-7-9-11-16/h14,16H,4-13H2,1-3H3,(H,19,20,21). The lowest BCUT2D eigenvalue weighted by Crippen LogP contribution is -2.27. The molecule has 124 valence electrons. The first-order valence-electron chi connectivity index (χ1n) is 9.10. The Morgan fingerprint density at radius 3 is 2.27 bits per heavy atom. The fourth-order valence-corrected chi connectivity index (χ4v) is 3.27. The van der Waals surface area contributed by atoms with Crippen LogP contribution in [0.5, 0.6) is 0 Å². The van der Waals surface area contributed by atoms with E-state index in [1.54, 1.807) is 0 Å². The van der Waals surface area contributed by atoms with E-state index in [-0.39, 0.29) is 0 Å². The second-order valence-corrected chi connectivity index (χ2v) is 6.51. The van der Waals surface area contributed by atoms with Gasteiger partial charge < -0.3 is 10.2 Å². The van der Waals surface area contributed by atoms with Crippen molar-refractivity contribution < 1.29 is 0 Å². The van der Waals surface area contributed by atoms with E-state index in [1.165, 1.54) is 38.5 Å². The summed E-state index contributed by atoms with van der Waals surface area (Å²) in [6.07, 6.45) is 10.2. The number of hydrogen-bond donors (Lipinski definition) is 1. The summed E-state index contributed by atoms with van der Waals surface area (Å²) in [4.78, 5) is 11.8. The minimum Gasteiger partial charge on any atom is -0.356 e. The second kappa shape index (κ2) is 8.96. The normalized spacial score (nSPS) is 16.3. The molecule has 1 aliphatic rings. The molecular weight excluding hydrogens is 272 g/mol. The molecule has 0 unspecified atom stereocenters. The van der Waals surface area contributed by atoms with Gasteiger partial charge in [0.2, 0.25) is 5.95 Å². The monoisotopic (exact) mass is 304 g/mol. The summed E-state index contributed by atoms with van der Waals surface area (Å²) in [5, 5.41) is 3.59. The summed E-state index contributed by atoms with van der Waals surface area (Å²) < 4.78 is 0. The molecule has 0 aromatic carbocycles. The number of hydrogen-bond acceptors (Lipinski definition) is 4. The number of nitrogens with one attached hydrogen (secondary N) is 1. The zero-order valence-electron chi connectivity index (χ0n) is 14.6. The zero-order chi connectivity index (χ0) is 15.8. The van der Waals surface area contributed by atoms with Gasteiger partial charge in [0, 0.05) is 30.9 Å². The van der Waals surface area contributed by atoms with E-state index < -0.39 is 0 Å². The first-order valence-corrected chi connectivity index (χ1v) is 9.10. The number of aromatic nitrogens is 2. The van der Waals surface area contributed by atoms with Crippen LogP contribution in [0.1, 0.15) is 70.9 Å². The van der Waals surface area contributed by atoms with Crippen LogP contribution in [0.3, 0.4) is 0 Å². The molecule has 1 aromatic heterocycles. The molecule has 0 bridgehead atoms. The van der Waals surface area contributed by atoms with Crippen LogP contribution in [0.4, 0.5) is 11.8 Å². The Morgan fingerprint density at radius 1 is 1.05 bits per heavy atom. The van der Waals surface area contributed by atoms with Crippen LogP contribution in [-0.2, 0) is 0 Å². The summed E-state index contributed by atoms with van der Waals surface area (Å²) in [6, 6.07) is 2.66. The number of rotatable bonds is 7. The van der Waals surface area contributed by atoms with Gasteiger partial charge in [-0.2, -0.15) is 4.98 Å². The van der Waals surface area contributed by atoms with E-state index in [0.29, 0.717) is 6.04 Å². The maximum Gasteiger partial charge on any atom is 0.225 e. The summed E-state index contributed by atoms with van der Waals surface area (Å²) >= 11 is 0. The van der Waals surface area contributed by atoms with Gasteiger partial charge in [-0.25, -0.2) is 4.98 Å². The van der Waals surface area contributed by atoms with Crippen LogP contribution in [0.2, 0.25) is 0 Å². The minimum atomic E-state index is 0.544. The molecule has 0 amide bonds. The lowest BCUT2D eigenvalue weighted by Gasteiger charge is -2.24. The van der Waals surface area contributed by atoms with Gasteiger partial charge in [0.15, 0.2) is 0 Å². The first-order chi connectivity index (χ1) is 10.7. The van der Waals surface area contributed by atoms with Crippen LogP contribution in [0, 0.1) is 6.92 Å². The van der Waals surface area contributed by atoms with Crippen LogP contribution >= 0.6 is 0 Å². The highest BCUT2D eigenvalue weighted by molar-refractivity contribution is 5.45. The SMILES string of the molecule is CCCN(CCC)c1cc(C)nc(NC2CCCCCC2)n1. The van der Waals surface area contributed by atoms with Crippen molar-refractivity contribution in [2.45, 2.75) is 78.2 Å². The average molecular weight is 304 g/mol. The minimum absolute atomic E-state index is 0.544. The van der Waals surface area contributed by atoms with Crippen molar-refractivity contribution in [3.05, 3.63) is 11.8 Å². The molecule has 22 heavy (non-hydrogen) atoms. The van der Waals surface area contributed by atoms with Crippen LogP contribution in [0.25, 0.3) is 0 Å². The molecule has 0 radical (unpaired) electrons. The van der Waals surface area contributed by atoms with Crippen LogP contribution < -0.4 is 10.2 Å². The van der Waals surface area contributed by atoms with Crippen molar-refractivity contribution in [2.75, 3.05) is 23.3 Å². The zero-order valence-corrected chi connectivity index (χ0v) is 14.6. The molecule has 1 aromatic rings. The predicted molar refractivity (Wildman–Crippen MR) is 94.7 cm³/mol. The maximum atomic E-state index is 4.80. The third-order valence-corrected chi connectivity index (χ3v) is 4.34. The van der Waals surface area contributed by atoms with Gasteiger partial charge in [-0.1, -0.05) is 39.5 Å². The van der Waals surface area contributed by atoms with Crippen molar-refractivity contribution in [3.63, 3.8) is 0 Å². The summed E-state index contributed by atoms with van der Waals surface area (Å²) in [5.74, 6) is 1.89. The summed E-state index contributed by atoms with van der Waals surface area (Å²) in [7, 11) is 0. The van der Waals surface area contributed by atoms with Crippen molar-refractivity contribution in [2.24, 2.45) is 0 Å². The van der Waals surface area contributed by atoms with Crippen molar-refractivity contribution in [3.8, 4) is 0 Å². The smallest absolute Gasteiger partial charge is 0.225 e. The molecule has 1 saturated carbocycles. The molecule has 4 nitrogen and oxygen atoms in total. The molecule has 0 spiro atoms. The van der Waals surface area contributed by atoms with Crippen molar-refractivity contribution >= 4 is 11.8 Å². The van der Waals surface area contributed by atoms with Gasteiger partial charge in [0.05, 0.1) is 0 Å². The quantitative estimate of drug-likeness (QED) is 0.751. The van der Waals surface area contributed by atoms with E-state index >= 15 is 0 Å². The van der Waals surface area contributed by atoms with Gasteiger partial charge in [0.1, 0.15) is 5.82 Å². The number of aryl methyl sites for hydroxylation is 1. The van der Waals surface area contributed by atoms with E-state index in [0.717, 1.165) is 43.4 Å². The van der Waals surface area contributed by atoms with Crippen LogP contribution in [0.15, 0.2) is 6.07 Å².